The maximum Gasteiger partial charge on any atom is 0.258 e. The molecule has 0 aliphatic carbocycles. The lowest BCUT2D eigenvalue weighted by molar-refractivity contribution is 0.0983. The van der Waals surface area contributed by atoms with Gasteiger partial charge < -0.3 is 30.2 Å². The van der Waals surface area contributed by atoms with Crippen LogP contribution in [0.2, 0.25) is 0 Å². The Bertz CT molecular complexity index is 1480. The maximum atomic E-state index is 13.8. The number of fused-ring (bicyclic) bond motifs is 3. The van der Waals surface area contributed by atoms with E-state index in [4.69, 9.17) is 10.5 Å². The first-order valence-electron chi connectivity index (χ1n) is 12.3. The Morgan fingerprint density at radius 3 is 2.83 bits per heavy atom. The molecule has 8 heteroatoms. The molecule has 2 aromatic heterocycles. The molecule has 6 rings (SSSR count). The van der Waals surface area contributed by atoms with Crippen molar-refractivity contribution in [2.45, 2.75) is 32.1 Å². The van der Waals surface area contributed by atoms with Crippen LogP contribution in [0, 0.1) is 0 Å². The number of rotatable bonds is 4. The van der Waals surface area contributed by atoms with Crippen molar-refractivity contribution in [2.75, 3.05) is 35.8 Å². The quantitative estimate of drug-likeness (QED) is 0.454. The lowest BCUT2D eigenvalue weighted by Gasteiger charge is -2.33. The monoisotopic (exact) mass is 482 g/mol. The van der Waals surface area contributed by atoms with Crippen LogP contribution in [0.3, 0.4) is 0 Å². The van der Waals surface area contributed by atoms with Crippen LogP contribution < -0.4 is 25.6 Å². The van der Waals surface area contributed by atoms with Crippen molar-refractivity contribution in [3.05, 3.63) is 77.6 Å². The summed E-state index contributed by atoms with van der Waals surface area (Å²) in [5.41, 5.74) is 12.8. The van der Waals surface area contributed by atoms with Gasteiger partial charge in [0, 0.05) is 49.0 Å². The van der Waals surface area contributed by atoms with E-state index >= 15 is 0 Å². The van der Waals surface area contributed by atoms with Gasteiger partial charge in [-0.3, -0.25) is 4.79 Å². The molecule has 36 heavy (non-hydrogen) atoms. The number of hydrogen-bond donors (Lipinski definition) is 2. The minimum Gasteiger partial charge on any atom is -0.494 e. The summed E-state index contributed by atoms with van der Waals surface area (Å²) in [4.78, 5) is 22.3. The smallest absolute Gasteiger partial charge is 0.258 e. The van der Waals surface area contributed by atoms with E-state index in [1.54, 1.807) is 12.0 Å². The zero-order valence-corrected chi connectivity index (χ0v) is 20.7. The number of nitrogens with two attached hydrogens (primary N) is 1. The first kappa shape index (κ1) is 22.4. The number of anilines is 3. The van der Waals surface area contributed by atoms with E-state index < -0.39 is 0 Å². The van der Waals surface area contributed by atoms with Gasteiger partial charge in [-0.2, -0.15) is 0 Å². The average Bonchev–Trinajstić information content (AvgIpc) is 3.44. The van der Waals surface area contributed by atoms with E-state index in [1.807, 2.05) is 55.7 Å². The topological polar surface area (TPSA) is 88.7 Å². The number of carbonyl (C=O) groups excluding carboxylic acids is 1. The maximum absolute atomic E-state index is 13.8. The van der Waals surface area contributed by atoms with Gasteiger partial charge >= 0.3 is 0 Å². The lowest BCUT2D eigenvalue weighted by Crippen LogP contribution is -2.46. The molecule has 4 heterocycles. The second kappa shape index (κ2) is 8.57. The van der Waals surface area contributed by atoms with E-state index in [9.17, 15) is 4.79 Å². The molecular weight excluding hydrogens is 452 g/mol. The molecule has 3 N–H and O–H groups in total. The second-order valence-electron chi connectivity index (χ2n) is 9.47. The molecule has 0 saturated heterocycles. The third-order valence-corrected chi connectivity index (χ3v) is 7.28. The molecule has 0 spiro atoms. The number of aromatic nitrogens is 2. The molecule has 0 bridgehead atoms. The number of ether oxygens (including phenoxy) is 1. The summed E-state index contributed by atoms with van der Waals surface area (Å²) in [5, 5.41) is 4.74. The standard InChI is InChI=1S/C28H30N6O2/c1-4-33-23(14-18-9-7-11-30-26(18)33)27-31-21-13-19(15-24(36-3)25(21)32(27)2)28(35)34-16-20(29)12-17-8-5-6-10-22(17)34/h5-11,13-15,20,27,31H,4,12,16,29H2,1-3H3. The lowest BCUT2D eigenvalue weighted by atomic mass is 9.97. The molecule has 2 aromatic carbocycles. The van der Waals surface area contributed by atoms with Crippen molar-refractivity contribution in [1.29, 1.82) is 0 Å². The number of hydrogen-bond acceptors (Lipinski definition) is 6. The normalized spacial score (nSPS) is 18.7. The van der Waals surface area contributed by atoms with Crippen molar-refractivity contribution < 1.29 is 9.53 Å². The summed E-state index contributed by atoms with van der Waals surface area (Å²) in [6.07, 6.45) is 2.46. The van der Waals surface area contributed by atoms with Gasteiger partial charge in [-0.25, -0.2) is 4.98 Å². The zero-order valence-electron chi connectivity index (χ0n) is 20.7. The van der Waals surface area contributed by atoms with Crippen LogP contribution >= 0.6 is 0 Å². The fraction of sp³-hybridized carbons (Fsp3) is 0.286. The van der Waals surface area contributed by atoms with E-state index in [-0.39, 0.29) is 18.1 Å². The van der Waals surface area contributed by atoms with Crippen molar-refractivity contribution in [1.82, 2.24) is 9.55 Å². The van der Waals surface area contributed by atoms with Gasteiger partial charge in [0.15, 0.2) is 0 Å². The van der Waals surface area contributed by atoms with Gasteiger partial charge in [0.25, 0.3) is 5.91 Å². The number of pyridine rings is 1. The fourth-order valence-corrected chi connectivity index (χ4v) is 5.65. The molecule has 1 amide bonds. The van der Waals surface area contributed by atoms with Crippen molar-refractivity contribution in [3.63, 3.8) is 0 Å². The highest BCUT2D eigenvalue weighted by molar-refractivity contribution is 6.08. The van der Waals surface area contributed by atoms with Crippen LogP contribution in [0.5, 0.6) is 5.75 Å². The van der Waals surface area contributed by atoms with Gasteiger partial charge in [0.1, 0.15) is 23.2 Å². The van der Waals surface area contributed by atoms with E-state index in [1.165, 1.54) is 0 Å². The first-order valence-corrected chi connectivity index (χ1v) is 12.3. The Labute approximate surface area is 210 Å². The predicted molar refractivity (Wildman–Crippen MR) is 143 cm³/mol. The highest BCUT2D eigenvalue weighted by Gasteiger charge is 2.35. The van der Waals surface area contributed by atoms with Crippen LogP contribution in [0.4, 0.5) is 17.1 Å². The molecule has 0 fully saturated rings. The van der Waals surface area contributed by atoms with Crippen molar-refractivity contribution >= 4 is 34.0 Å². The number of nitrogens with one attached hydrogen (secondary N) is 1. The summed E-state index contributed by atoms with van der Waals surface area (Å²) < 4.78 is 8.02. The number of amides is 1. The highest BCUT2D eigenvalue weighted by Crippen LogP contribution is 2.47. The SMILES string of the molecule is CCn1c(C2Nc3cc(C(=O)N4CC(N)Cc5ccccc54)cc(OC)c3N2C)cc2cccnc21. The minimum absolute atomic E-state index is 0.0847. The average molecular weight is 483 g/mol. The number of nitrogens with zero attached hydrogens (tertiary/aromatic N) is 4. The van der Waals surface area contributed by atoms with Gasteiger partial charge in [0.05, 0.1) is 18.5 Å². The number of methoxy groups -OCH3 is 1. The molecule has 0 saturated carbocycles. The molecule has 0 radical (unpaired) electrons. The molecule has 2 unspecified atom stereocenters. The second-order valence-corrected chi connectivity index (χ2v) is 9.47. The molecule has 8 nitrogen and oxygen atoms in total. The Hall–Kier alpha value is -4.04. The largest absolute Gasteiger partial charge is 0.494 e. The third-order valence-electron chi connectivity index (χ3n) is 7.28. The van der Waals surface area contributed by atoms with Crippen LogP contribution in [-0.4, -0.2) is 42.2 Å². The Morgan fingerprint density at radius 1 is 1.19 bits per heavy atom. The Morgan fingerprint density at radius 2 is 2.03 bits per heavy atom. The van der Waals surface area contributed by atoms with Crippen LogP contribution in [0.1, 0.15) is 34.7 Å². The molecule has 184 valence electrons. The summed E-state index contributed by atoms with van der Waals surface area (Å²) in [6, 6.07) is 17.9. The van der Waals surface area contributed by atoms with Crippen LogP contribution in [-0.2, 0) is 13.0 Å². The number of para-hydroxylation sites is 1. The van der Waals surface area contributed by atoms with Gasteiger partial charge in [-0.1, -0.05) is 18.2 Å². The Kier molecular flexibility index (Phi) is 5.34. The van der Waals surface area contributed by atoms with Crippen molar-refractivity contribution in [2.24, 2.45) is 5.73 Å². The van der Waals surface area contributed by atoms with E-state index in [2.05, 4.69) is 38.8 Å². The van der Waals surface area contributed by atoms with E-state index in [0.717, 1.165) is 52.3 Å². The molecule has 4 aromatic rings. The predicted octanol–water partition coefficient (Wildman–Crippen LogP) is 4.16. The third kappa shape index (κ3) is 3.40. The first-order chi connectivity index (χ1) is 17.5. The Balaban J connectivity index is 1.39. The highest BCUT2D eigenvalue weighted by atomic mass is 16.5. The summed E-state index contributed by atoms with van der Waals surface area (Å²) >= 11 is 0. The molecule has 2 atom stereocenters. The minimum atomic E-state index is -0.127. The van der Waals surface area contributed by atoms with Crippen LogP contribution in [0.25, 0.3) is 11.0 Å². The molecule has 2 aliphatic rings. The number of benzene rings is 2. The summed E-state index contributed by atoms with van der Waals surface area (Å²) in [7, 11) is 3.68. The summed E-state index contributed by atoms with van der Waals surface area (Å²) in [5.74, 6) is 0.568. The molecule has 2 aliphatic heterocycles. The number of carbonyl (C=O) groups is 1. The number of aryl methyl sites for hydroxylation is 1. The zero-order chi connectivity index (χ0) is 25.0. The van der Waals surface area contributed by atoms with Gasteiger partial charge in [-0.15, -0.1) is 0 Å². The fourth-order valence-electron chi connectivity index (χ4n) is 5.65. The van der Waals surface area contributed by atoms with Crippen LogP contribution in [0.15, 0.2) is 60.8 Å². The molecular formula is C28H30N6O2. The van der Waals surface area contributed by atoms with Crippen molar-refractivity contribution in [3.8, 4) is 5.75 Å². The summed E-state index contributed by atoms with van der Waals surface area (Å²) in [6.45, 7) is 3.40. The van der Waals surface area contributed by atoms with Gasteiger partial charge in [-0.05, 0) is 55.3 Å². The van der Waals surface area contributed by atoms with E-state index in [0.29, 0.717) is 17.9 Å². The van der Waals surface area contributed by atoms with Gasteiger partial charge in [0.2, 0.25) is 0 Å².